The molecule has 0 saturated carbocycles. The molecule has 1 heterocycles. The van der Waals surface area contributed by atoms with Gasteiger partial charge in [-0.25, -0.2) is 0 Å². The minimum Gasteiger partial charge on any atom is -0.507 e. The van der Waals surface area contributed by atoms with Crippen LogP contribution in [0.5, 0.6) is 5.75 Å². The van der Waals surface area contributed by atoms with Crippen molar-refractivity contribution in [3.05, 3.63) is 72.0 Å². The molecule has 3 rings (SSSR count). The number of aromatic hydroxyl groups is 1. The number of rotatable bonds is 3. The molecule has 2 aromatic carbocycles. The Labute approximate surface area is 115 Å². The average molecular weight is 264 g/mol. The fourth-order valence-electron chi connectivity index (χ4n) is 1.98. The first kappa shape index (κ1) is 12.2. The molecule has 3 heteroatoms. The number of carbonyl (C=O) groups excluding carboxylic acids is 1. The fraction of sp³-hybridized carbons (Fsp3) is 0. The van der Waals surface area contributed by atoms with Gasteiger partial charge in [0.1, 0.15) is 11.3 Å². The first-order valence-electron chi connectivity index (χ1n) is 6.23. The van der Waals surface area contributed by atoms with Crippen molar-refractivity contribution in [2.75, 3.05) is 0 Å². The fourth-order valence-corrected chi connectivity index (χ4v) is 1.98. The normalized spacial score (nSPS) is 11.2. The molecular weight excluding hydrogens is 252 g/mol. The van der Waals surface area contributed by atoms with Crippen LogP contribution in [-0.2, 0) is 0 Å². The minimum absolute atomic E-state index is 0.140. The Balaban J connectivity index is 1.88. The molecule has 0 bridgehead atoms. The molecule has 0 fully saturated rings. The van der Waals surface area contributed by atoms with Gasteiger partial charge in [0.2, 0.25) is 5.78 Å². The molecule has 3 aromatic rings. The van der Waals surface area contributed by atoms with Crippen LogP contribution in [0.2, 0.25) is 0 Å². The highest BCUT2D eigenvalue weighted by Crippen LogP contribution is 2.21. The van der Waals surface area contributed by atoms with Crippen LogP contribution < -0.4 is 0 Å². The molecule has 0 amide bonds. The zero-order valence-electron chi connectivity index (χ0n) is 10.6. The van der Waals surface area contributed by atoms with E-state index in [0.29, 0.717) is 11.1 Å². The molecule has 3 nitrogen and oxygen atoms in total. The van der Waals surface area contributed by atoms with Crippen molar-refractivity contribution < 1.29 is 14.3 Å². The molecular formula is C17H12O3. The zero-order chi connectivity index (χ0) is 13.9. The number of ketones is 1. The van der Waals surface area contributed by atoms with Crippen molar-refractivity contribution in [1.29, 1.82) is 0 Å². The summed E-state index contributed by atoms with van der Waals surface area (Å²) in [6.07, 6.45) is 2.97. The molecule has 0 unspecified atom stereocenters. The van der Waals surface area contributed by atoms with E-state index in [9.17, 15) is 9.90 Å². The Morgan fingerprint density at radius 1 is 1.05 bits per heavy atom. The predicted octanol–water partition coefficient (Wildman–Crippen LogP) is 4.03. The van der Waals surface area contributed by atoms with Gasteiger partial charge in [-0.1, -0.05) is 36.4 Å². The van der Waals surface area contributed by atoms with E-state index in [2.05, 4.69) is 0 Å². The number of carbonyl (C=O) groups is 1. The van der Waals surface area contributed by atoms with Crippen molar-refractivity contribution in [2.24, 2.45) is 0 Å². The average Bonchev–Trinajstić information content (AvgIpc) is 2.90. The van der Waals surface area contributed by atoms with E-state index < -0.39 is 0 Å². The number of phenols is 1. The monoisotopic (exact) mass is 264 g/mol. The lowest BCUT2D eigenvalue weighted by molar-refractivity contribution is 0.102. The topological polar surface area (TPSA) is 50.4 Å². The molecule has 20 heavy (non-hydrogen) atoms. The van der Waals surface area contributed by atoms with E-state index >= 15 is 0 Å². The highest BCUT2D eigenvalue weighted by Gasteiger charge is 2.09. The number of para-hydroxylation sites is 2. The molecule has 0 saturated heterocycles. The summed E-state index contributed by atoms with van der Waals surface area (Å²) in [6.45, 7) is 0. The van der Waals surface area contributed by atoms with Crippen LogP contribution in [0.25, 0.3) is 17.0 Å². The summed E-state index contributed by atoms with van der Waals surface area (Å²) in [5.74, 6) is 0.198. The molecule has 98 valence electrons. The number of hydrogen-bond acceptors (Lipinski definition) is 3. The van der Waals surface area contributed by atoms with Crippen LogP contribution in [0.3, 0.4) is 0 Å². The third kappa shape index (κ3) is 2.34. The number of furan rings is 1. The highest BCUT2D eigenvalue weighted by molar-refractivity contribution is 6.07. The number of fused-ring (bicyclic) bond motifs is 1. The molecule has 0 spiro atoms. The van der Waals surface area contributed by atoms with Gasteiger partial charge in [-0.15, -0.1) is 0 Å². The van der Waals surface area contributed by atoms with Gasteiger partial charge in [-0.2, -0.15) is 0 Å². The Hall–Kier alpha value is -2.81. The summed E-state index contributed by atoms with van der Waals surface area (Å²) in [5, 5.41) is 10.5. The molecule has 1 N–H and O–H groups in total. The van der Waals surface area contributed by atoms with Crippen LogP contribution in [0.1, 0.15) is 16.1 Å². The summed E-state index contributed by atoms with van der Waals surface area (Å²) < 4.78 is 5.49. The maximum absolute atomic E-state index is 12.0. The Morgan fingerprint density at radius 3 is 2.60 bits per heavy atom. The Bertz CT molecular complexity index is 764. The Morgan fingerprint density at radius 2 is 1.80 bits per heavy atom. The summed E-state index contributed by atoms with van der Waals surface area (Å²) in [5.41, 5.74) is 1.28. The van der Waals surface area contributed by atoms with E-state index in [1.165, 1.54) is 6.08 Å². The molecule has 0 aliphatic heterocycles. The number of allylic oxidation sites excluding steroid dienone is 1. The van der Waals surface area contributed by atoms with Gasteiger partial charge in [-0.3, -0.25) is 4.79 Å². The maximum Gasteiger partial charge on any atom is 0.221 e. The number of hydrogen-bond donors (Lipinski definition) is 1. The highest BCUT2D eigenvalue weighted by atomic mass is 16.3. The van der Waals surface area contributed by atoms with Crippen LogP contribution in [0.15, 0.2) is 65.1 Å². The standard InChI is InChI=1S/C17H12O3/c18-14-7-3-1-5-12(14)9-10-15(19)17-11-13-6-2-4-8-16(13)20-17/h1-11,18H. The third-order valence-electron chi connectivity index (χ3n) is 3.02. The molecule has 0 radical (unpaired) electrons. The van der Waals surface area contributed by atoms with Crippen molar-refractivity contribution in [3.63, 3.8) is 0 Å². The second kappa shape index (κ2) is 5.05. The third-order valence-corrected chi connectivity index (χ3v) is 3.02. The number of benzene rings is 2. The van der Waals surface area contributed by atoms with Gasteiger partial charge < -0.3 is 9.52 Å². The van der Waals surface area contributed by atoms with Gasteiger partial charge in [-0.05, 0) is 30.4 Å². The van der Waals surface area contributed by atoms with Gasteiger partial charge >= 0.3 is 0 Å². The van der Waals surface area contributed by atoms with Crippen molar-refractivity contribution in [2.45, 2.75) is 0 Å². The van der Waals surface area contributed by atoms with Gasteiger partial charge in [0.15, 0.2) is 5.76 Å². The SMILES string of the molecule is O=C(C=Cc1ccccc1O)c1cc2ccccc2o1. The molecule has 1 aromatic heterocycles. The van der Waals surface area contributed by atoms with E-state index in [1.54, 1.807) is 36.4 Å². The maximum atomic E-state index is 12.0. The van der Waals surface area contributed by atoms with Crippen LogP contribution in [-0.4, -0.2) is 10.9 Å². The lowest BCUT2D eigenvalue weighted by Gasteiger charge is -1.96. The number of phenolic OH excluding ortho intramolecular Hbond substituents is 1. The predicted molar refractivity (Wildman–Crippen MR) is 77.7 cm³/mol. The van der Waals surface area contributed by atoms with Crippen LogP contribution in [0, 0.1) is 0 Å². The van der Waals surface area contributed by atoms with E-state index in [4.69, 9.17) is 4.42 Å². The quantitative estimate of drug-likeness (QED) is 0.574. The van der Waals surface area contributed by atoms with Crippen molar-refractivity contribution >= 4 is 22.8 Å². The zero-order valence-corrected chi connectivity index (χ0v) is 10.6. The summed E-state index contributed by atoms with van der Waals surface area (Å²) in [7, 11) is 0. The lowest BCUT2D eigenvalue weighted by Crippen LogP contribution is -1.90. The molecule has 0 aliphatic carbocycles. The van der Waals surface area contributed by atoms with Crippen molar-refractivity contribution in [3.8, 4) is 5.75 Å². The van der Waals surface area contributed by atoms with E-state index in [0.717, 1.165) is 5.39 Å². The largest absolute Gasteiger partial charge is 0.507 e. The lowest BCUT2D eigenvalue weighted by atomic mass is 10.1. The second-order valence-electron chi connectivity index (χ2n) is 4.40. The van der Waals surface area contributed by atoms with Gasteiger partial charge in [0.05, 0.1) is 0 Å². The smallest absolute Gasteiger partial charge is 0.221 e. The van der Waals surface area contributed by atoms with Crippen molar-refractivity contribution in [1.82, 2.24) is 0 Å². The summed E-state index contributed by atoms with van der Waals surface area (Å²) >= 11 is 0. The van der Waals surface area contributed by atoms with Gasteiger partial charge in [0, 0.05) is 10.9 Å². The van der Waals surface area contributed by atoms with Crippen LogP contribution >= 0.6 is 0 Å². The molecule has 0 atom stereocenters. The minimum atomic E-state index is -0.232. The van der Waals surface area contributed by atoms with Gasteiger partial charge in [0.25, 0.3) is 0 Å². The van der Waals surface area contributed by atoms with Crippen LogP contribution in [0.4, 0.5) is 0 Å². The first-order valence-corrected chi connectivity index (χ1v) is 6.23. The second-order valence-corrected chi connectivity index (χ2v) is 4.40. The van der Waals surface area contributed by atoms with E-state index in [1.807, 2.05) is 24.3 Å². The van der Waals surface area contributed by atoms with E-state index in [-0.39, 0.29) is 17.3 Å². The first-order chi connectivity index (χ1) is 9.74. The molecule has 0 aliphatic rings. The summed E-state index contributed by atoms with van der Waals surface area (Å²) in [4.78, 5) is 12.0. The summed E-state index contributed by atoms with van der Waals surface area (Å²) in [6, 6.07) is 16.0. The Kier molecular flexibility index (Phi) is 3.09.